The van der Waals surface area contributed by atoms with Crippen LogP contribution >= 0.6 is 24.0 Å². The van der Waals surface area contributed by atoms with Crippen LogP contribution in [0.5, 0.6) is 0 Å². The Labute approximate surface area is 173 Å². The molecule has 0 bridgehead atoms. The summed E-state index contributed by atoms with van der Waals surface area (Å²) in [6.45, 7) is 3.67. The highest BCUT2D eigenvalue weighted by atomic mass is 35.5. The van der Waals surface area contributed by atoms with Crippen molar-refractivity contribution in [3.8, 4) is 0 Å². The number of rotatable bonds is 8. The predicted octanol–water partition coefficient (Wildman–Crippen LogP) is 4.27. The van der Waals surface area contributed by atoms with Gasteiger partial charge >= 0.3 is 0 Å². The predicted molar refractivity (Wildman–Crippen MR) is 113 cm³/mol. The van der Waals surface area contributed by atoms with Crippen molar-refractivity contribution in [2.24, 2.45) is 0 Å². The maximum absolute atomic E-state index is 12.2. The van der Waals surface area contributed by atoms with E-state index < -0.39 is 10.0 Å². The minimum Gasteiger partial charge on any atom is -0.299 e. The summed E-state index contributed by atoms with van der Waals surface area (Å²) in [7, 11) is -3.44. The Balaban J connectivity index is 0.00000261. The van der Waals surface area contributed by atoms with Gasteiger partial charge in [-0.3, -0.25) is 4.90 Å². The smallest absolute Gasteiger partial charge is 0.240 e. The Hall–Kier alpha value is -1.11. The lowest BCUT2D eigenvalue weighted by Crippen LogP contribution is -2.31. The summed E-state index contributed by atoms with van der Waals surface area (Å²) >= 11 is 5.80. The van der Waals surface area contributed by atoms with Crippen LogP contribution in [0.2, 0.25) is 5.02 Å². The summed E-state index contributed by atoms with van der Waals surface area (Å²) < 4.78 is 27.0. The van der Waals surface area contributed by atoms with E-state index in [-0.39, 0.29) is 17.3 Å². The fraction of sp³-hybridized carbons (Fsp3) is 0.400. The molecule has 2 aromatic carbocycles. The average Bonchev–Trinajstić information content (AvgIpc) is 2.65. The Morgan fingerprint density at radius 1 is 0.963 bits per heavy atom. The molecule has 0 fully saturated rings. The van der Waals surface area contributed by atoms with Gasteiger partial charge in [-0.2, -0.15) is 0 Å². The topological polar surface area (TPSA) is 49.4 Å². The van der Waals surface area contributed by atoms with Gasteiger partial charge in [-0.1, -0.05) is 42.3 Å². The van der Waals surface area contributed by atoms with Gasteiger partial charge < -0.3 is 0 Å². The van der Waals surface area contributed by atoms with Crippen LogP contribution in [0, 0.1) is 0 Å². The molecule has 4 nitrogen and oxygen atoms in total. The fourth-order valence-corrected chi connectivity index (χ4v) is 4.49. The van der Waals surface area contributed by atoms with Crippen molar-refractivity contribution in [1.29, 1.82) is 0 Å². The maximum atomic E-state index is 12.2. The fourth-order valence-electron chi connectivity index (χ4n) is 3.29. The minimum absolute atomic E-state index is 0. The molecule has 1 aliphatic heterocycles. The standard InChI is InChI=1S/C20H25ClN2O2S.ClH/c21-19-8-10-20(11-9-19)26(24,25)22-13-4-1-5-14-23-15-12-17-6-2-3-7-18(17)16-23;/h2-3,6-11,22H,1,4-5,12-16H2;1H. The van der Waals surface area contributed by atoms with Gasteiger partial charge in [0.15, 0.2) is 0 Å². The van der Waals surface area contributed by atoms with Crippen molar-refractivity contribution >= 4 is 34.0 Å². The quantitative estimate of drug-likeness (QED) is 0.638. The summed E-state index contributed by atoms with van der Waals surface area (Å²) in [5, 5.41) is 0.532. The molecule has 0 unspecified atom stereocenters. The molecule has 0 radical (unpaired) electrons. The number of nitrogens with one attached hydrogen (secondary N) is 1. The zero-order chi connectivity index (χ0) is 18.4. The molecule has 27 heavy (non-hydrogen) atoms. The lowest BCUT2D eigenvalue weighted by atomic mass is 10.00. The van der Waals surface area contributed by atoms with E-state index >= 15 is 0 Å². The molecule has 1 heterocycles. The number of halogens is 2. The van der Waals surface area contributed by atoms with Crippen molar-refractivity contribution in [3.05, 3.63) is 64.7 Å². The number of unbranched alkanes of at least 4 members (excludes halogenated alkanes) is 2. The summed E-state index contributed by atoms with van der Waals surface area (Å²) in [4.78, 5) is 2.74. The van der Waals surface area contributed by atoms with Crippen LogP contribution in [0.15, 0.2) is 53.4 Å². The van der Waals surface area contributed by atoms with E-state index in [1.807, 2.05) is 0 Å². The number of benzene rings is 2. The molecule has 0 saturated carbocycles. The van der Waals surface area contributed by atoms with Gasteiger partial charge in [0.05, 0.1) is 4.90 Å². The first-order chi connectivity index (χ1) is 12.5. The zero-order valence-corrected chi connectivity index (χ0v) is 17.6. The second-order valence-electron chi connectivity index (χ2n) is 6.71. The molecule has 1 aliphatic rings. The van der Waals surface area contributed by atoms with Crippen molar-refractivity contribution < 1.29 is 8.42 Å². The molecule has 2 aromatic rings. The van der Waals surface area contributed by atoms with Gasteiger partial charge in [0.2, 0.25) is 10.0 Å². The van der Waals surface area contributed by atoms with Crippen LogP contribution in [0.4, 0.5) is 0 Å². The molecule has 0 aromatic heterocycles. The van der Waals surface area contributed by atoms with E-state index in [9.17, 15) is 8.42 Å². The molecule has 0 aliphatic carbocycles. The van der Waals surface area contributed by atoms with Gasteiger partial charge in [-0.15, -0.1) is 12.4 Å². The summed E-state index contributed by atoms with van der Waals surface area (Å²) in [6.07, 6.45) is 4.07. The zero-order valence-electron chi connectivity index (χ0n) is 15.2. The van der Waals surface area contributed by atoms with Crippen molar-refractivity contribution in [3.63, 3.8) is 0 Å². The SMILES string of the molecule is Cl.O=S(=O)(NCCCCCN1CCc2ccccc2C1)c1ccc(Cl)cc1. The lowest BCUT2D eigenvalue weighted by molar-refractivity contribution is 0.248. The van der Waals surface area contributed by atoms with Gasteiger partial charge in [0.1, 0.15) is 0 Å². The summed E-state index contributed by atoms with van der Waals surface area (Å²) in [6, 6.07) is 14.9. The number of sulfonamides is 1. The van der Waals surface area contributed by atoms with Gasteiger partial charge in [-0.05, 0) is 61.2 Å². The van der Waals surface area contributed by atoms with Crippen LogP contribution in [0.25, 0.3) is 0 Å². The van der Waals surface area contributed by atoms with Crippen molar-refractivity contribution in [2.75, 3.05) is 19.6 Å². The molecule has 0 spiro atoms. The molecule has 7 heteroatoms. The largest absolute Gasteiger partial charge is 0.299 e. The second kappa shape index (κ2) is 10.4. The Morgan fingerprint density at radius 3 is 2.41 bits per heavy atom. The van der Waals surface area contributed by atoms with E-state index in [0.29, 0.717) is 11.6 Å². The lowest BCUT2D eigenvalue weighted by Gasteiger charge is -2.28. The van der Waals surface area contributed by atoms with Gasteiger partial charge in [-0.25, -0.2) is 13.1 Å². The minimum atomic E-state index is -3.44. The van der Waals surface area contributed by atoms with Crippen LogP contribution in [0.1, 0.15) is 30.4 Å². The molecule has 0 atom stereocenters. The monoisotopic (exact) mass is 428 g/mol. The van der Waals surface area contributed by atoms with Crippen LogP contribution in [0.3, 0.4) is 0 Å². The second-order valence-corrected chi connectivity index (χ2v) is 8.91. The first-order valence-corrected chi connectivity index (χ1v) is 10.9. The number of hydrogen-bond acceptors (Lipinski definition) is 3. The highest BCUT2D eigenvalue weighted by Gasteiger charge is 2.15. The normalized spacial score (nSPS) is 14.4. The summed E-state index contributed by atoms with van der Waals surface area (Å²) in [5.74, 6) is 0. The molecule has 1 N–H and O–H groups in total. The maximum Gasteiger partial charge on any atom is 0.240 e. The highest BCUT2D eigenvalue weighted by Crippen LogP contribution is 2.19. The average molecular weight is 429 g/mol. The number of hydrogen-bond donors (Lipinski definition) is 1. The van der Waals surface area contributed by atoms with Crippen molar-refractivity contribution in [1.82, 2.24) is 9.62 Å². The third-order valence-electron chi connectivity index (χ3n) is 4.78. The van der Waals surface area contributed by atoms with E-state index in [1.165, 1.54) is 23.3 Å². The van der Waals surface area contributed by atoms with Crippen LogP contribution < -0.4 is 4.72 Å². The molecular weight excluding hydrogens is 403 g/mol. The molecule has 0 amide bonds. The van der Waals surface area contributed by atoms with Crippen molar-refractivity contribution in [2.45, 2.75) is 37.1 Å². The van der Waals surface area contributed by atoms with Gasteiger partial charge in [0.25, 0.3) is 0 Å². The van der Waals surface area contributed by atoms with E-state index in [2.05, 4.69) is 33.9 Å². The molecule has 0 saturated heterocycles. The van der Waals surface area contributed by atoms with E-state index in [4.69, 9.17) is 11.6 Å². The van der Waals surface area contributed by atoms with Crippen LogP contribution in [-0.2, 0) is 23.0 Å². The first kappa shape index (κ1) is 22.2. The molecule has 3 rings (SSSR count). The van der Waals surface area contributed by atoms with Gasteiger partial charge in [0, 0.05) is 24.7 Å². The van der Waals surface area contributed by atoms with Crippen LogP contribution in [-0.4, -0.2) is 33.0 Å². The Kier molecular flexibility index (Phi) is 8.58. The molecule has 148 valence electrons. The van der Waals surface area contributed by atoms with E-state index in [1.54, 1.807) is 12.1 Å². The number of fused-ring (bicyclic) bond motifs is 1. The van der Waals surface area contributed by atoms with E-state index in [0.717, 1.165) is 45.3 Å². The highest BCUT2D eigenvalue weighted by molar-refractivity contribution is 7.89. The number of nitrogens with zero attached hydrogens (tertiary/aromatic N) is 1. The molecular formula is C20H26Cl2N2O2S. The first-order valence-electron chi connectivity index (χ1n) is 9.09. The Morgan fingerprint density at radius 2 is 1.67 bits per heavy atom. The Bertz CT molecular complexity index is 826. The third kappa shape index (κ3) is 6.47. The summed E-state index contributed by atoms with van der Waals surface area (Å²) in [5.41, 5.74) is 2.91. The third-order valence-corrected chi connectivity index (χ3v) is 6.51.